The minimum Gasteiger partial charge on any atom is -0.351 e. The largest absolute Gasteiger partial charge is 0.351 e. The van der Waals surface area contributed by atoms with Crippen LogP contribution in [0.3, 0.4) is 0 Å². The zero-order chi connectivity index (χ0) is 20.0. The number of para-hydroxylation sites is 1. The molecule has 0 radical (unpaired) electrons. The molecule has 2 aliphatic rings. The fourth-order valence-electron chi connectivity index (χ4n) is 4.13. The third-order valence-corrected chi connectivity index (χ3v) is 5.76. The number of likely N-dealkylation sites (tertiary alicyclic amines) is 2. The molecule has 9 heteroatoms. The highest BCUT2D eigenvalue weighted by Gasteiger charge is 2.38. The van der Waals surface area contributed by atoms with Crippen LogP contribution in [0.5, 0.6) is 0 Å². The predicted molar refractivity (Wildman–Crippen MR) is 104 cm³/mol. The lowest BCUT2D eigenvalue weighted by Gasteiger charge is -2.37. The molecule has 2 fully saturated rings. The summed E-state index contributed by atoms with van der Waals surface area (Å²) in [5.74, 6) is 1.10. The first-order chi connectivity index (χ1) is 14.1. The number of amides is 3. The Kier molecular flexibility index (Phi) is 4.22. The van der Waals surface area contributed by atoms with Crippen LogP contribution in [0.1, 0.15) is 47.0 Å². The zero-order valence-corrected chi connectivity index (χ0v) is 16.1. The van der Waals surface area contributed by atoms with Crippen molar-refractivity contribution < 1.29 is 14.1 Å². The molecular formula is C20H22N6O3. The molecule has 2 N–H and O–H groups in total. The van der Waals surface area contributed by atoms with Gasteiger partial charge in [0.15, 0.2) is 5.82 Å². The molecule has 0 bridgehead atoms. The number of rotatable bonds is 3. The molecule has 0 aliphatic carbocycles. The van der Waals surface area contributed by atoms with Crippen LogP contribution in [-0.2, 0) is 0 Å². The van der Waals surface area contributed by atoms with Gasteiger partial charge in [0.1, 0.15) is 11.7 Å². The Balaban J connectivity index is 1.24. The van der Waals surface area contributed by atoms with Gasteiger partial charge in [-0.1, -0.05) is 23.4 Å². The SMILES string of the molecule is CNC(=O)N1CCCC1c1nc(C2CN(C(=O)c3cc4ccccc4[nH]3)C2)no1. The van der Waals surface area contributed by atoms with E-state index >= 15 is 0 Å². The van der Waals surface area contributed by atoms with Crippen LogP contribution in [0.15, 0.2) is 34.9 Å². The fraction of sp³-hybridized carbons (Fsp3) is 0.400. The van der Waals surface area contributed by atoms with E-state index in [2.05, 4.69) is 20.4 Å². The maximum Gasteiger partial charge on any atom is 0.317 e. The summed E-state index contributed by atoms with van der Waals surface area (Å²) in [4.78, 5) is 35.9. The number of urea groups is 1. The molecule has 1 unspecified atom stereocenters. The van der Waals surface area contributed by atoms with Gasteiger partial charge in [0.2, 0.25) is 5.89 Å². The molecule has 1 aromatic carbocycles. The number of H-pyrrole nitrogens is 1. The average Bonchev–Trinajstić information content (AvgIpc) is 3.43. The average molecular weight is 394 g/mol. The topological polar surface area (TPSA) is 107 Å². The molecule has 150 valence electrons. The fourth-order valence-corrected chi connectivity index (χ4v) is 4.13. The standard InChI is InChI=1S/C20H22N6O3/c1-21-20(28)26-8-4-7-16(26)18-23-17(24-29-18)13-10-25(11-13)19(27)15-9-12-5-2-3-6-14(12)22-15/h2-3,5-6,9,13,16,22H,4,7-8,10-11H2,1H3,(H,21,28). The Labute approximate surface area is 167 Å². The molecule has 0 saturated carbocycles. The summed E-state index contributed by atoms with van der Waals surface area (Å²) in [5.41, 5.74) is 1.54. The lowest BCUT2D eigenvalue weighted by Crippen LogP contribution is -2.49. The number of hydrogen-bond donors (Lipinski definition) is 2. The Morgan fingerprint density at radius 2 is 2.10 bits per heavy atom. The molecule has 3 aromatic rings. The normalized spacial score (nSPS) is 19.6. The van der Waals surface area contributed by atoms with E-state index in [4.69, 9.17) is 4.52 Å². The van der Waals surface area contributed by atoms with Crippen molar-refractivity contribution in [3.8, 4) is 0 Å². The number of fused-ring (bicyclic) bond motifs is 1. The van der Waals surface area contributed by atoms with Crippen molar-refractivity contribution in [2.45, 2.75) is 24.8 Å². The van der Waals surface area contributed by atoms with Crippen LogP contribution in [0.2, 0.25) is 0 Å². The van der Waals surface area contributed by atoms with E-state index < -0.39 is 0 Å². The van der Waals surface area contributed by atoms with E-state index in [0.29, 0.717) is 37.0 Å². The lowest BCUT2D eigenvalue weighted by molar-refractivity contribution is 0.0587. The van der Waals surface area contributed by atoms with Gasteiger partial charge in [-0.2, -0.15) is 4.98 Å². The van der Waals surface area contributed by atoms with Gasteiger partial charge in [-0.3, -0.25) is 4.79 Å². The first-order valence-corrected chi connectivity index (χ1v) is 9.83. The van der Waals surface area contributed by atoms with Gasteiger partial charge in [-0.05, 0) is 25.0 Å². The van der Waals surface area contributed by atoms with Gasteiger partial charge in [0.25, 0.3) is 5.91 Å². The molecule has 3 amide bonds. The maximum atomic E-state index is 12.7. The molecule has 2 aromatic heterocycles. The van der Waals surface area contributed by atoms with Gasteiger partial charge >= 0.3 is 6.03 Å². The number of hydrogen-bond acceptors (Lipinski definition) is 5. The van der Waals surface area contributed by atoms with Gasteiger partial charge in [-0.25, -0.2) is 4.79 Å². The second-order valence-electron chi connectivity index (χ2n) is 7.57. The zero-order valence-electron chi connectivity index (χ0n) is 16.1. The molecular weight excluding hydrogens is 372 g/mol. The summed E-state index contributed by atoms with van der Waals surface area (Å²) in [5, 5.41) is 7.79. The Morgan fingerprint density at radius 1 is 1.28 bits per heavy atom. The number of aromatic amines is 1. The molecule has 2 saturated heterocycles. The van der Waals surface area contributed by atoms with Gasteiger partial charge in [0.05, 0.1) is 5.92 Å². The predicted octanol–water partition coefficient (Wildman–Crippen LogP) is 2.27. The quantitative estimate of drug-likeness (QED) is 0.709. The summed E-state index contributed by atoms with van der Waals surface area (Å²) in [6.07, 6.45) is 1.72. The Morgan fingerprint density at radius 3 is 2.90 bits per heavy atom. The molecule has 1 atom stereocenters. The number of nitrogens with one attached hydrogen (secondary N) is 2. The maximum absolute atomic E-state index is 12.7. The molecule has 0 spiro atoms. The van der Waals surface area contributed by atoms with Crippen molar-refractivity contribution in [2.75, 3.05) is 26.7 Å². The number of carbonyl (C=O) groups excluding carboxylic acids is 2. The summed E-state index contributed by atoms with van der Waals surface area (Å²) in [6, 6.07) is 9.39. The Bertz CT molecular complexity index is 1030. The second kappa shape index (κ2) is 6.91. The minimum absolute atomic E-state index is 0.0252. The number of aromatic nitrogens is 3. The Hall–Kier alpha value is -3.36. The molecule has 29 heavy (non-hydrogen) atoms. The van der Waals surface area contributed by atoms with E-state index in [9.17, 15) is 9.59 Å². The van der Waals surface area contributed by atoms with E-state index in [0.717, 1.165) is 23.7 Å². The third-order valence-electron chi connectivity index (χ3n) is 5.76. The van der Waals surface area contributed by atoms with Crippen molar-refractivity contribution in [1.82, 2.24) is 30.2 Å². The van der Waals surface area contributed by atoms with Crippen LogP contribution in [0.4, 0.5) is 4.79 Å². The van der Waals surface area contributed by atoms with E-state index in [-0.39, 0.29) is 23.9 Å². The molecule has 4 heterocycles. The van der Waals surface area contributed by atoms with Gasteiger partial charge in [-0.15, -0.1) is 0 Å². The van der Waals surface area contributed by atoms with Crippen LogP contribution in [0, 0.1) is 0 Å². The van der Waals surface area contributed by atoms with Gasteiger partial charge in [0, 0.05) is 37.6 Å². The molecule has 9 nitrogen and oxygen atoms in total. The van der Waals surface area contributed by atoms with E-state index in [1.807, 2.05) is 30.3 Å². The van der Waals surface area contributed by atoms with Crippen molar-refractivity contribution in [1.29, 1.82) is 0 Å². The summed E-state index contributed by atoms with van der Waals surface area (Å²) < 4.78 is 5.46. The first kappa shape index (κ1) is 17.7. The summed E-state index contributed by atoms with van der Waals surface area (Å²) >= 11 is 0. The van der Waals surface area contributed by atoms with Crippen LogP contribution >= 0.6 is 0 Å². The number of carbonyl (C=O) groups is 2. The summed E-state index contributed by atoms with van der Waals surface area (Å²) in [7, 11) is 1.62. The minimum atomic E-state index is -0.180. The second-order valence-corrected chi connectivity index (χ2v) is 7.57. The third kappa shape index (κ3) is 3.02. The van der Waals surface area contributed by atoms with Crippen molar-refractivity contribution in [2.24, 2.45) is 0 Å². The molecule has 2 aliphatic heterocycles. The number of nitrogens with zero attached hydrogens (tertiary/aromatic N) is 4. The molecule has 5 rings (SSSR count). The van der Waals surface area contributed by atoms with Crippen LogP contribution < -0.4 is 5.32 Å². The van der Waals surface area contributed by atoms with E-state index in [1.54, 1.807) is 16.8 Å². The monoisotopic (exact) mass is 394 g/mol. The van der Waals surface area contributed by atoms with Crippen molar-refractivity contribution >= 4 is 22.8 Å². The van der Waals surface area contributed by atoms with Crippen LogP contribution in [0.25, 0.3) is 10.9 Å². The number of benzene rings is 1. The van der Waals surface area contributed by atoms with Crippen molar-refractivity contribution in [3.63, 3.8) is 0 Å². The smallest absolute Gasteiger partial charge is 0.317 e. The van der Waals surface area contributed by atoms with E-state index in [1.165, 1.54) is 0 Å². The highest BCUT2D eigenvalue weighted by Crippen LogP contribution is 2.33. The summed E-state index contributed by atoms with van der Waals surface area (Å²) in [6.45, 7) is 1.78. The van der Waals surface area contributed by atoms with Crippen LogP contribution in [-0.4, -0.2) is 63.5 Å². The highest BCUT2D eigenvalue weighted by atomic mass is 16.5. The first-order valence-electron chi connectivity index (χ1n) is 9.83. The lowest BCUT2D eigenvalue weighted by atomic mass is 9.99. The highest BCUT2D eigenvalue weighted by molar-refractivity contribution is 5.98. The van der Waals surface area contributed by atoms with Gasteiger partial charge < -0.3 is 24.6 Å². The van der Waals surface area contributed by atoms with Crippen molar-refractivity contribution in [3.05, 3.63) is 47.7 Å².